The molecule has 0 spiro atoms. The normalized spacial score (nSPS) is 28.0. The molecule has 1 aromatic carbocycles. The SMILES string of the molecule is CN1CCN(Cc2ccc(C(=O)N3CC[C@@H]4CNC[C@@H]4CC3)cc2)CC1. The molecule has 142 valence electrons. The molecule has 0 saturated carbocycles. The molecule has 4 rings (SSSR count). The lowest BCUT2D eigenvalue weighted by Gasteiger charge is -2.32. The topological polar surface area (TPSA) is 38.8 Å². The maximum atomic E-state index is 12.9. The summed E-state index contributed by atoms with van der Waals surface area (Å²) in [5.41, 5.74) is 2.15. The Labute approximate surface area is 157 Å². The van der Waals surface area contributed by atoms with Crippen molar-refractivity contribution in [1.29, 1.82) is 0 Å². The lowest BCUT2D eigenvalue weighted by molar-refractivity contribution is 0.0758. The summed E-state index contributed by atoms with van der Waals surface area (Å²) in [6.07, 6.45) is 2.29. The second-order valence-electron chi connectivity index (χ2n) is 8.32. The molecule has 2 atom stereocenters. The van der Waals surface area contributed by atoms with Crippen LogP contribution >= 0.6 is 0 Å². The molecule has 1 N–H and O–H groups in total. The van der Waals surface area contributed by atoms with Crippen molar-refractivity contribution >= 4 is 5.91 Å². The molecule has 3 saturated heterocycles. The van der Waals surface area contributed by atoms with Crippen LogP contribution in [0.1, 0.15) is 28.8 Å². The van der Waals surface area contributed by atoms with E-state index in [4.69, 9.17) is 0 Å². The van der Waals surface area contributed by atoms with Gasteiger partial charge in [0.25, 0.3) is 5.91 Å². The summed E-state index contributed by atoms with van der Waals surface area (Å²) < 4.78 is 0. The van der Waals surface area contributed by atoms with Crippen molar-refractivity contribution in [3.05, 3.63) is 35.4 Å². The van der Waals surface area contributed by atoms with Crippen molar-refractivity contribution in [3.63, 3.8) is 0 Å². The molecule has 1 aromatic rings. The van der Waals surface area contributed by atoms with Gasteiger partial charge in [-0.25, -0.2) is 0 Å². The van der Waals surface area contributed by atoms with Gasteiger partial charge in [0, 0.05) is 51.4 Å². The maximum absolute atomic E-state index is 12.9. The third-order valence-corrected chi connectivity index (χ3v) is 6.51. The molecule has 0 aliphatic carbocycles. The summed E-state index contributed by atoms with van der Waals surface area (Å²) in [6.45, 7) is 9.61. The minimum atomic E-state index is 0.212. The zero-order valence-electron chi connectivity index (χ0n) is 16.0. The maximum Gasteiger partial charge on any atom is 0.253 e. The summed E-state index contributed by atoms with van der Waals surface area (Å²) in [5.74, 6) is 1.74. The Bertz CT molecular complexity index is 595. The minimum absolute atomic E-state index is 0.212. The van der Waals surface area contributed by atoms with E-state index in [1.54, 1.807) is 0 Å². The summed E-state index contributed by atoms with van der Waals surface area (Å²) in [5, 5.41) is 3.50. The first kappa shape index (κ1) is 18.0. The van der Waals surface area contributed by atoms with Gasteiger partial charge in [0.15, 0.2) is 0 Å². The Morgan fingerprint density at radius 3 is 2.19 bits per heavy atom. The van der Waals surface area contributed by atoms with Gasteiger partial charge in [0.1, 0.15) is 0 Å². The van der Waals surface area contributed by atoms with Crippen LogP contribution in [-0.4, -0.2) is 80.0 Å². The zero-order valence-corrected chi connectivity index (χ0v) is 16.0. The number of nitrogens with zero attached hydrogens (tertiary/aromatic N) is 3. The van der Waals surface area contributed by atoms with Crippen molar-refractivity contribution in [3.8, 4) is 0 Å². The average molecular weight is 357 g/mol. The van der Waals surface area contributed by atoms with Gasteiger partial charge in [0.05, 0.1) is 0 Å². The molecular formula is C21H32N4O. The predicted octanol–water partition coefficient (Wildman–Crippen LogP) is 1.51. The molecule has 5 nitrogen and oxygen atoms in total. The molecule has 3 heterocycles. The van der Waals surface area contributed by atoms with Crippen LogP contribution < -0.4 is 5.32 Å². The number of piperazine rings is 1. The Morgan fingerprint density at radius 1 is 0.962 bits per heavy atom. The number of fused-ring (bicyclic) bond motifs is 1. The average Bonchev–Trinajstić information content (AvgIpc) is 3.02. The molecule has 1 amide bonds. The molecule has 0 bridgehead atoms. The van der Waals surface area contributed by atoms with Gasteiger partial charge >= 0.3 is 0 Å². The van der Waals surface area contributed by atoms with Crippen LogP contribution in [-0.2, 0) is 6.54 Å². The largest absolute Gasteiger partial charge is 0.339 e. The predicted molar refractivity (Wildman–Crippen MR) is 104 cm³/mol. The van der Waals surface area contributed by atoms with E-state index in [1.165, 1.54) is 5.56 Å². The van der Waals surface area contributed by atoms with Gasteiger partial charge in [-0.2, -0.15) is 0 Å². The number of hydrogen-bond donors (Lipinski definition) is 1. The molecule has 3 aliphatic rings. The smallest absolute Gasteiger partial charge is 0.253 e. The number of rotatable bonds is 3. The van der Waals surface area contributed by atoms with Crippen LogP contribution in [0.3, 0.4) is 0 Å². The number of benzene rings is 1. The van der Waals surface area contributed by atoms with E-state index in [1.807, 2.05) is 12.1 Å². The Morgan fingerprint density at radius 2 is 1.58 bits per heavy atom. The van der Waals surface area contributed by atoms with E-state index in [0.29, 0.717) is 0 Å². The highest BCUT2D eigenvalue weighted by Gasteiger charge is 2.31. The van der Waals surface area contributed by atoms with Crippen molar-refractivity contribution < 1.29 is 4.79 Å². The van der Waals surface area contributed by atoms with Crippen molar-refractivity contribution in [1.82, 2.24) is 20.0 Å². The van der Waals surface area contributed by atoms with Crippen LogP contribution in [0.5, 0.6) is 0 Å². The fourth-order valence-electron chi connectivity index (χ4n) is 4.62. The summed E-state index contributed by atoms with van der Waals surface area (Å²) in [6, 6.07) is 8.34. The Kier molecular flexibility index (Phi) is 5.57. The summed E-state index contributed by atoms with van der Waals surface area (Å²) in [7, 11) is 2.18. The van der Waals surface area contributed by atoms with E-state index < -0.39 is 0 Å². The Balaban J connectivity index is 1.33. The summed E-state index contributed by atoms with van der Waals surface area (Å²) in [4.78, 5) is 19.9. The molecular weight excluding hydrogens is 324 g/mol. The van der Waals surface area contributed by atoms with Gasteiger partial charge in [-0.1, -0.05) is 12.1 Å². The molecule has 5 heteroatoms. The van der Waals surface area contributed by atoms with E-state index in [0.717, 1.165) is 89.1 Å². The minimum Gasteiger partial charge on any atom is -0.339 e. The van der Waals surface area contributed by atoms with Crippen LogP contribution in [0.4, 0.5) is 0 Å². The number of carbonyl (C=O) groups is 1. The highest BCUT2D eigenvalue weighted by molar-refractivity contribution is 5.94. The van der Waals surface area contributed by atoms with Gasteiger partial charge in [-0.05, 0) is 62.5 Å². The number of hydrogen-bond acceptors (Lipinski definition) is 4. The molecule has 3 aliphatic heterocycles. The van der Waals surface area contributed by atoms with Crippen LogP contribution in [0.15, 0.2) is 24.3 Å². The second-order valence-corrected chi connectivity index (χ2v) is 8.32. The molecule has 3 fully saturated rings. The first-order chi connectivity index (χ1) is 12.7. The number of carbonyl (C=O) groups excluding carboxylic acids is 1. The van der Waals surface area contributed by atoms with Gasteiger partial charge < -0.3 is 15.1 Å². The fraction of sp³-hybridized carbons (Fsp3) is 0.667. The molecule has 0 unspecified atom stereocenters. The Hall–Kier alpha value is -1.43. The zero-order chi connectivity index (χ0) is 17.9. The first-order valence-corrected chi connectivity index (χ1v) is 10.2. The highest BCUT2D eigenvalue weighted by atomic mass is 16.2. The third-order valence-electron chi connectivity index (χ3n) is 6.51. The van der Waals surface area contributed by atoms with E-state index >= 15 is 0 Å². The first-order valence-electron chi connectivity index (χ1n) is 10.2. The van der Waals surface area contributed by atoms with E-state index in [2.05, 4.69) is 39.2 Å². The van der Waals surface area contributed by atoms with Crippen LogP contribution in [0, 0.1) is 11.8 Å². The van der Waals surface area contributed by atoms with E-state index in [9.17, 15) is 4.79 Å². The lowest BCUT2D eigenvalue weighted by atomic mass is 9.92. The van der Waals surface area contributed by atoms with Gasteiger partial charge in [-0.3, -0.25) is 9.69 Å². The van der Waals surface area contributed by atoms with Crippen molar-refractivity contribution in [2.75, 3.05) is 59.4 Å². The van der Waals surface area contributed by atoms with Gasteiger partial charge in [-0.15, -0.1) is 0 Å². The summed E-state index contributed by atoms with van der Waals surface area (Å²) >= 11 is 0. The van der Waals surface area contributed by atoms with Crippen LogP contribution in [0.25, 0.3) is 0 Å². The number of likely N-dealkylation sites (tertiary alicyclic amines) is 1. The van der Waals surface area contributed by atoms with Crippen LogP contribution in [0.2, 0.25) is 0 Å². The van der Waals surface area contributed by atoms with E-state index in [-0.39, 0.29) is 5.91 Å². The van der Waals surface area contributed by atoms with Crippen molar-refractivity contribution in [2.24, 2.45) is 11.8 Å². The fourth-order valence-corrected chi connectivity index (χ4v) is 4.62. The third kappa shape index (κ3) is 4.11. The number of likely N-dealkylation sites (N-methyl/N-ethyl adjacent to an activating group) is 1. The quantitative estimate of drug-likeness (QED) is 0.891. The molecule has 0 radical (unpaired) electrons. The van der Waals surface area contributed by atoms with Crippen molar-refractivity contribution in [2.45, 2.75) is 19.4 Å². The lowest BCUT2D eigenvalue weighted by Crippen LogP contribution is -2.43. The molecule has 26 heavy (non-hydrogen) atoms. The standard InChI is InChI=1S/C21H32N4O/c1-23-10-12-24(13-11-23)16-17-2-4-18(5-3-17)21(26)25-8-6-19-14-22-15-20(19)7-9-25/h2-5,19-20,22H,6-16H2,1H3/t19-,20+. The molecule has 0 aromatic heterocycles. The number of amides is 1. The number of nitrogens with one attached hydrogen (secondary N) is 1. The monoisotopic (exact) mass is 356 g/mol. The van der Waals surface area contributed by atoms with Gasteiger partial charge in [0.2, 0.25) is 0 Å². The highest BCUT2D eigenvalue weighted by Crippen LogP contribution is 2.27. The second kappa shape index (κ2) is 8.07.